The lowest BCUT2D eigenvalue weighted by Crippen LogP contribution is -2.24. The van der Waals surface area contributed by atoms with Crippen molar-refractivity contribution in [2.75, 3.05) is 19.4 Å². The Labute approximate surface area is 110 Å². The van der Waals surface area contributed by atoms with Gasteiger partial charge in [0.2, 0.25) is 15.0 Å². The minimum absolute atomic E-state index is 0.109. The number of rotatable bonds is 4. The average Bonchev–Trinajstić information content (AvgIpc) is 2.56. The number of halogens is 1. The highest BCUT2D eigenvalue weighted by Gasteiger charge is 2.33. The lowest BCUT2D eigenvalue weighted by molar-refractivity contribution is -0.135. The van der Waals surface area contributed by atoms with Gasteiger partial charge in [0.25, 0.3) is 0 Å². The fourth-order valence-corrected chi connectivity index (χ4v) is 3.14. The maximum Gasteiger partial charge on any atom is 0.332 e. The Kier molecular flexibility index (Phi) is 4.75. The van der Waals surface area contributed by atoms with Crippen LogP contribution in [-0.2, 0) is 23.4 Å². The molecule has 1 unspecified atom stereocenters. The number of carbonyl (C=O) groups is 2. The van der Waals surface area contributed by atoms with Gasteiger partial charge in [0.05, 0.1) is 12.9 Å². The average molecular weight is 296 g/mol. The Balaban J connectivity index is 2.73. The highest BCUT2D eigenvalue weighted by atomic mass is 35.7. The van der Waals surface area contributed by atoms with Gasteiger partial charge in [0.1, 0.15) is 0 Å². The highest BCUT2D eigenvalue weighted by Crippen LogP contribution is 2.24. The predicted molar refractivity (Wildman–Crippen MR) is 65.2 cm³/mol. The van der Waals surface area contributed by atoms with Crippen molar-refractivity contribution in [3.63, 3.8) is 0 Å². The second kappa shape index (κ2) is 5.71. The van der Waals surface area contributed by atoms with Gasteiger partial charge < -0.3 is 9.64 Å². The summed E-state index contributed by atoms with van der Waals surface area (Å²) in [5.74, 6) is -1.38. The normalized spacial score (nSPS) is 21.3. The number of carbonyl (C=O) groups excluding carboxylic acids is 2. The van der Waals surface area contributed by atoms with Crippen LogP contribution in [0.1, 0.15) is 13.3 Å². The smallest absolute Gasteiger partial charge is 0.332 e. The molecule has 0 bridgehead atoms. The molecule has 0 aromatic carbocycles. The van der Waals surface area contributed by atoms with Crippen LogP contribution in [0.2, 0.25) is 0 Å². The highest BCUT2D eigenvalue weighted by molar-refractivity contribution is 8.13. The zero-order valence-corrected chi connectivity index (χ0v) is 11.6. The first-order chi connectivity index (χ1) is 8.23. The number of ether oxygens (including phenoxy) is 1. The molecule has 18 heavy (non-hydrogen) atoms. The van der Waals surface area contributed by atoms with Gasteiger partial charge in [-0.1, -0.05) is 0 Å². The van der Waals surface area contributed by atoms with Crippen molar-refractivity contribution in [2.24, 2.45) is 5.92 Å². The quantitative estimate of drug-likeness (QED) is 0.428. The van der Waals surface area contributed by atoms with Crippen molar-refractivity contribution < 1.29 is 22.7 Å². The molecule has 1 aliphatic heterocycles. The first-order valence-corrected chi connectivity index (χ1v) is 7.69. The van der Waals surface area contributed by atoms with Gasteiger partial charge in [-0.2, -0.15) is 0 Å². The summed E-state index contributed by atoms with van der Waals surface area (Å²) in [6.07, 6.45) is 1.30. The zero-order chi connectivity index (χ0) is 13.9. The molecule has 1 saturated heterocycles. The molecule has 0 N–H and O–H groups in total. The number of allylic oxidation sites excluding steroid dienone is 1. The second-order valence-corrected chi connectivity index (χ2v) is 6.91. The standard InChI is InChI=1S/C10H14ClNO5S/c1-7(3-10(14)17-2)12-5-8(4-9(12)13)6-18(11,15)16/h3,8H,4-6H2,1-2H3. The maximum absolute atomic E-state index is 11.7. The van der Waals surface area contributed by atoms with E-state index < -0.39 is 15.0 Å². The van der Waals surface area contributed by atoms with E-state index in [-0.39, 0.29) is 30.5 Å². The van der Waals surface area contributed by atoms with Gasteiger partial charge in [-0.15, -0.1) is 0 Å². The van der Waals surface area contributed by atoms with E-state index in [4.69, 9.17) is 10.7 Å². The van der Waals surface area contributed by atoms with Crippen molar-refractivity contribution in [3.8, 4) is 0 Å². The molecule has 0 saturated carbocycles. The summed E-state index contributed by atoms with van der Waals surface area (Å²) in [7, 11) is 2.76. The van der Waals surface area contributed by atoms with Crippen LogP contribution >= 0.6 is 10.7 Å². The van der Waals surface area contributed by atoms with Crippen molar-refractivity contribution in [1.82, 2.24) is 4.90 Å². The molecule has 1 rings (SSSR count). The fraction of sp³-hybridized carbons (Fsp3) is 0.600. The first kappa shape index (κ1) is 15.0. The minimum atomic E-state index is -3.63. The van der Waals surface area contributed by atoms with Crippen LogP contribution in [0.4, 0.5) is 0 Å². The molecule has 6 nitrogen and oxygen atoms in total. The summed E-state index contributed by atoms with van der Waals surface area (Å²) in [6, 6.07) is 0. The molecular formula is C10H14ClNO5S. The molecule has 1 aliphatic rings. The number of hydrogen-bond donors (Lipinski definition) is 0. The third-order valence-corrected chi connectivity index (χ3v) is 3.84. The molecule has 1 atom stereocenters. The fourth-order valence-electron chi connectivity index (χ4n) is 1.82. The van der Waals surface area contributed by atoms with Gasteiger partial charge in [0, 0.05) is 41.3 Å². The van der Waals surface area contributed by atoms with Crippen LogP contribution in [0.15, 0.2) is 11.8 Å². The molecule has 8 heteroatoms. The molecule has 0 aromatic rings. The summed E-state index contributed by atoms with van der Waals surface area (Å²) in [6.45, 7) is 1.83. The van der Waals surface area contributed by atoms with Crippen molar-refractivity contribution >= 4 is 31.6 Å². The Morgan fingerprint density at radius 1 is 1.61 bits per heavy atom. The second-order valence-electron chi connectivity index (χ2n) is 4.09. The summed E-state index contributed by atoms with van der Waals surface area (Å²) < 4.78 is 26.3. The SMILES string of the molecule is COC(=O)C=C(C)N1CC(CS(=O)(=O)Cl)CC1=O. The van der Waals surface area contributed by atoms with Crippen LogP contribution < -0.4 is 0 Å². The molecule has 0 aliphatic carbocycles. The van der Waals surface area contributed by atoms with Crippen molar-refractivity contribution in [2.45, 2.75) is 13.3 Å². The Bertz CT molecular complexity index is 484. The van der Waals surface area contributed by atoms with E-state index in [1.807, 2.05) is 0 Å². The molecule has 0 aromatic heterocycles. The molecule has 1 heterocycles. The van der Waals surface area contributed by atoms with Gasteiger partial charge in [0.15, 0.2) is 0 Å². The number of hydrogen-bond acceptors (Lipinski definition) is 5. The van der Waals surface area contributed by atoms with E-state index in [9.17, 15) is 18.0 Å². The summed E-state index contributed by atoms with van der Waals surface area (Å²) in [4.78, 5) is 24.1. The lowest BCUT2D eigenvalue weighted by atomic mass is 10.1. The molecule has 1 amide bonds. The van der Waals surface area contributed by atoms with Gasteiger partial charge in [-0.25, -0.2) is 13.2 Å². The first-order valence-electron chi connectivity index (χ1n) is 5.22. The van der Waals surface area contributed by atoms with Gasteiger partial charge >= 0.3 is 5.97 Å². The van der Waals surface area contributed by atoms with E-state index in [1.54, 1.807) is 6.92 Å². The van der Waals surface area contributed by atoms with Crippen LogP contribution in [0, 0.1) is 5.92 Å². The van der Waals surface area contributed by atoms with E-state index in [0.29, 0.717) is 5.70 Å². The molecule has 0 spiro atoms. The lowest BCUT2D eigenvalue weighted by Gasteiger charge is -2.16. The molecular weight excluding hydrogens is 282 g/mol. The van der Waals surface area contributed by atoms with E-state index in [0.717, 1.165) is 0 Å². The Hall–Kier alpha value is -1.08. The Morgan fingerprint density at radius 3 is 2.72 bits per heavy atom. The number of methoxy groups -OCH3 is 1. The van der Waals surface area contributed by atoms with Crippen LogP contribution in [0.5, 0.6) is 0 Å². The van der Waals surface area contributed by atoms with Gasteiger partial charge in [-0.05, 0) is 6.92 Å². The number of esters is 1. The molecule has 102 valence electrons. The van der Waals surface area contributed by atoms with Crippen LogP contribution in [-0.4, -0.2) is 44.6 Å². The van der Waals surface area contributed by atoms with Crippen LogP contribution in [0.25, 0.3) is 0 Å². The number of amides is 1. The third-order valence-electron chi connectivity index (χ3n) is 2.59. The number of nitrogens with zero attached hydrogens (tertiary/aromatic N) is 1. The minimum Gasteiger partial charge on any atom is -0.466 e. The van der Waals surface area contributed by atoms with Crippen molar-refractivity contribution in [1.29, 1.82) is 0 Å². The zero-order valence-electron chi connectivity index (χ0n) is 10.1. The van der Waals surface area contributed by atoms with E-state index in [2.05, 4.69) is 4.74 Å². The number of likely N-dealkylation sites (tertiary alicyclic amines) is 1. The Morgan fingerprint density at radius 2 is 2.22 bits per heavy atom. The third kappa shape index (κ3) is 4.30. The summed E-state index contributed by atoms with van der Waals surface area (Å²) in [5.41, 5.74) is 0.432. The van der Waals surface area contributed by atoms with Crippen molar-refractivity contribution in [3.05, 3.63) is 11.8 Å². The van der Waals surface area contributed by atoms with E-state index in [1.165, 1.54) is 18.1 Å². The topological polar surface area (TPSA) is 80.8 Å². The largest absolute Gasteiger partial charge is 0.466 e. The van der Waals surface area contributed by atoms with Gasteiger partial charge in [-0.3, -0.25) is 4.79 Å². The summed E-state index contributed by atoms with van der Waals surface area (Å²) >= 11 is 0. The van der Waals surface area contributed by atoms with Crippen LogP contribution in [0.3, 0.4) is 0 Å². The molecule has 0 radical (unpaired) electrons. The maximum atomic E-state index is 11.7. The summed E-state index contributed by atoms with van der Waals surface area (Å²) in [5, 5.41) is 0. The predicted octanol–water partition coefficient (Wildman–Crippen LogP) is 0.480. The molecule has 1 fully saturated rings. The van der Waals surface area contributed by atoms with E-state index >= 15 is 0 Å². The monoisotopic (exact) mass is 295 g/mol.